The van der Waals surface area contributed by atoms with Gasteiger partial charge in [0.1, 0.15) is 11.5 Å². The molecule has 1 aromatic heterocycles. The highest BCUT2D eigenvalue weighted by molar-refractivity contribution is 5.92. The SMILES string of the molecule is CNc1cncc(C(=O)NC(C)C2CCC2)n1. The molecule has 1 heterocycles. The molecule has 1 unspecified atom stereocenters. The number of hydrogen-bond acceptors (Lipinski definition) is 4. The summed E-state index contributed by atoms with van der Waals surface area (Å²) >= 11 is 0. The fourth-order valence-corrected chi connectivity index (χ4v) is 1.93. The van der Waals surface area contributed by atoms with Gasteiger partial charge in [0.15, 0.2) is 0 Å². The zero-order valence-corrected chi connectivity index (χ0v) is 10.2. The van der Waals surface area contributed by atoms with Crippen LogP contribution in [0.2, 0.25) is 0 Å². The summed E-state index contributed by atoms with van der Waals surface area (Å²) in [5.74, 6) is 1.09. The van der Waals surface area contributed by atoms with Gasteiger partial charge in [-0.2, -0.15) is 0 Å². The summed E-state index contributed by atoms with van der Waals surface area (Å²) in [6, 6.07) is 0.219. The van der Waals surface area contributed by atoms with E-state index in [-0.39, 0.29) is 11.9 Å². The first kappa shape index (κ1) is 11.8. The lowest BCUT2D eigenvalue weighted by Crippen LogP contribution is -2.41. The van der Waals surface area contributed by atoms with E-state index in [1.165, 1.54) is 25.5 Å². The molecule has 1 amide bonds. The summed E-state index contributed by atoms with van der Waals surface area (Å²) in [6.45, 7) is 2.05. The fraction of sp³-hybridized carbons (Fsp3) is 0.583. The molecule has 5 heteroatoms. The van der Waals surface area contributed by atoms with Crippen LogP contribution in [0.15, 0.2) is 12.4 Å². The molecule has 0 spiro atoms. The number of nitrogens with zero attached hydrogens (tertiary/aromatic N) is 2. The Labute approximate surface area is 101 Å². The van der Waals surface area contributed by atoms with Crippen LogP contribution in [0, 0.1) is 5.92 Å². The van der Waals surface area contributed by atoms with Gasteiger partial charge in [0.05, 0.1) is 12.4 Å². The van der Waals surface area contributed by atoms with E-state index >= 15 is 0 Å². The molecule has 2 rings (SSSR count). The van der Waals surface area contributed by atoms with Gasteiger partial charge in [-0.25, -0.2) is 4.98 Å². The molecule has 0 saturated heterocycles. The van der Waals surface area contributed by atoms with E-state index in [9.17, 15) is 4.79 Å². The van der Waals surface area contributed by atoms with Crippen molar-refractivity contribution in [2.75, 3.05) is 12.4 Å². The second kappa shape index (κ2) is 5.12. The third-order valence-corrected chi connectivity index (χ3v) is 3.34. The van der Waals surface area contributed by atoms with Gasteiger partial charge in [0.2, 0.25) is 0 Å². The zero-order chi connectivity index (χ0) is 12.3. The lowest BCUT2D eigenvalue weighted by molar-refractivity contribution is 0.0904. The van der Waals surface area contributed by atoms with Crippen molar-refractivity contribution >= 4 is 11.7 Å². The van der Waals surface area contributed by atoms with Gasteiger partial charge in [-0.05, 0) is 25.7 Å². The Hall–Kier alpha value is -1.65. The van der Waals surface area contributed by atoms with Crippen molar-refractivity contribution in [3.05, 3.63) is 18.1 Å². The Balaban J connectivity index is 1.98. The monoisotopic (exact) mass is 234 g/mol. The van der Waals surface area contributed by atoms with Gasteiger partial charge in [-0.1, -0.05) is 6.42 Å². The molecule has 17 heavy (non-hydrogen) atoms. The van der Waals surface area contributed by atoms with Gasteiger partial charge in [0, 0.05) is 13.1 Å². The van der Waals surface area contributed by atoms with E-state index in [0.29, 0.717) is 17.4 Å². The number of amides is 1. The highest BCUT2D eigenvalue weighted by atomic mass is 16.1. The Morgan fingerprint density at radius 2 is 2.24 bits per heavy atom. The average molecular weight is 234 g/mol. The fourth-order valence-electron chi connectivity index (χ4n) is 1.93. The minimum Gasteiger partial charge on any atom is -0.372 e. The van der Waals surface area contributed by atoms with Crippen LogP contribution in [0.3, 0.4) is 0 Å². The Kier molecular flexibility index (Phi) is 3.56. The van der Waals surface area contributed by atoms with Crippen molar-refractivity contribution in [3.63, 3.8) is 0 Å². The predicted molar refractivity (Wildman–Crippen MR) is 65.8 cm³/mol. The van der Waals surface area contributed by atoms with Crippen LogP contribution in [0.25, 0.3) is 0 Å². The average Bonchev–Trinajstić information content (AvgIpc) is 2.26. The third kappa shape index (κ3) is 2.72. The highest BCUT2D eigenvalue weighted by Crippen LogP contribution is 2.29. The normalized spacial score (nSPS) is 17.1. The van der Waals surface area contributed by atoms with E-state index in [1.807, 2.05) is 0 Å². The van der Waals surface area contributed by atoms with Crippen LogP contribution in [0.1, 0.15) is 36.7 Å². The highest BCUT2D eigenvalue weighted by Gasteiger charge is 2.25. The molecule has 2 N–H and O–H groups in total. The topological polar surface area (TPSA) is 66.9 Å². The summed E-state index contributed by atoms with van der Waals surface area (Å²) in [4.78, 5) is 20.1. The van der Waals surface area contributed by atoms with Gasteiger partial charge >= 0.3 is 0 Å². The van der Waals surface area contributed by atoms with Crippen LogP contribution in [0.5, 0.6) is 0 Å². The number of rotatable bonds is 4. The molecule has 0 aliphatic heterocycles. The maximum Gasteiger partial charge on any atom is 0.271 e. The number of nitrogens with one attached hydrogen (secondary N) is 2. The number of aromatic nitrogens is 2. The third-order valence-electron chi connectivity index (χ3n) is 3.34. The van der Waals surface area contributed by atoms with E-state index < -0.39 is 0 Å². The molecule has 5 nitrogen and oxygen atoms in total. The predicted octanol–water partition coefficient (Wildman–Crippen LogP) is 1.44. The maximum absolute atomic E-state index is 11.9. The van der Waals surface area contributed by atoms with Crippen molar-refractivity contribution in [2.24, 2.45) is 5.92 Å². The first-order chi connectivity index (χ1) is 8.20. The summed E-state index contributed by atoms with van der Waals surface area (Å²) in [5, 5.41) is 5.85. The van der Waals surface area contributed by atoms with Crippen molar-refractivity contribution in [1.29, 1.82) is 0 Å². The molecule has 1 aliphatic carbocycles. The van der Waals surface area contributed by atoms with E-state index in [1.54, 1.807) is 13.2 Å². The van der Waals surface area contributed by atoms with E-state index in [0.717, 1.165) is 0 Å². The quantitative estimate of drug-likeness (QED) is 0.827. The molecule has 1 saturated carbocycles. The lowest BCUT2D eigenvalue weighted by Gasteiger charge is -2.31. The van der Waals surface area contributed by atoms with Crippen molar-refractivity contribution < 1.29 is 4.79 Å². The van der Waals surface area contributed by atoms with Crippen molar-refractivity contribution in [3.8, 4) is 0 Å². The van der Waals surface area contributed by atoms with Gasteiger partial charge in [-0.15, -0.1) is 0 Å². The van der Waals surface area contributed by atoms with Crippen LogP contribution in [-0.4, -0.2) is 29.0 Å². The van der Waals surface area contributed by atoms with Crippen LogP contribution in [0.4, 0.5) is 5.82 Å². The number of carbonyl (C=O) groups is 1. The number of anilines is 1. The van der Waals surface area contributed by atoms with Crippen molar-refractivity contribution in [2.45, 2.75) is 32.2 Å². The molecule has 92 valence electrons. The standard InChI is InChI=1S/C12H18N4O/c1-8(9-4-3-5-9)15-12(17)10-6-14-7-11(13-2)16-10/h6-9H,3-5H2,1-2H3,(H,13,16)(H,15,17). The van der Waals surface area contributed by atoms with Gasteiger partial charge in [-0.3, -0.25) is 9.78 Å². The zero-order valence-electron chi connectivity index (χ0n) is 10.2. The first-order valence-electron chi connectivity index (χ1n) is 6.01. The Morgan fingerprint density at radius 3 is 2.82 bits per heavy atom. The van der Waals surface area contributed by atoms with Gasteiger partial charge in [0.25, 0.3) is 5.91 Å². The molecule has 1 aliphatic rings. The smallest absolute Gasteiger partial charge is 0.271 e. The molecule has 1 aromatic rings. The summed E-state index contributed by atoms with van der Waals surface area (Å²) in [5.41, 5.74) is 0.364. The largest absolute Gasteiger partial charge is 0.372 e. The maximum atomic E-state index is 11.9. The second-order valence-electron chi connectivity index (χ2n) is 4.49. The molecular weight excluding hydrogens is 216 g/mol. The second-order valence-corrected chi connectivity index (χ2v) is 4.49. The van der Waals surface area contributed by atoms with Gasteiger partial charge < -0.3 is 10.6 Å². The molecule has 1 fully saturated rings. The minimum absolute atomic E-state index is 0.144. The summed E-state index contributed by atoms with van der Waals surface area (Å²) in [6.07, 6.45) is 6.78. The van der Waals surface area contributed by atoms with Crippen LogP contribution in [-0.2, 0) is 0 Å². The number of carbonyl (C=O) groups excluding carboxylic acids is 1. The van der Waals surface area contributed by atoms with Crippen molar-refractivity contribution in [1.82, 2.24) is 15.3 Å². The summed E-state index contributed by atoms with van der Waals surface area (Å²) < 4.78 is 0. The van der Waals surface area contributed by atoms with E-state index in [2.05, 4.69) is 27.5 Å². The lowest BCUT2D eigenvalue weighted by atomic mass is 9.80. The van der Waals surface area contributed by atoms with Crippen LogP contribution >= 0.6 is 0 Å². The molecule has 0 radical (unpaired) electrons. The van der Waals surface area contributed by atoms with Crippen LogP contribution < -0.4 is 10.6 Å². The first-order valence-corrected chi connectivity index (χ1v) is 6.01. The number of hydrogen-bond donors (Lipinski definition) is 2. The summed E-state index contributed by atoms with van der Waals surface area (Å²) in [7, 11) is 1.75. The molecule has 0 aromatic carbocycles. The molecular formula is C12H18N4O. The minimum atomic E-state index is -0.144. The van der Waals surface area contributed by atoms with E-state index in [4.69, 9.17) is 0 Å². The molecule has 0 bridgehead atoms. The Morgan fingerprint density at radius 1 is 1.47 bits per heavy atom. The Bertz CT molecular complexity index is 403. The molecule has 1 atom stereocenters.